The van der Waals surface area contributed by atoms with Crippen molar-refractivity contribution in [2.45, 2.75) is 32.7 Å². The van der Waals surface area contributed by atoms with Crippen molar-refractivity contribution in [1.82, 2.24) is 0 Å². The van der Waals surface area contributed by atoms with Crippen LogP contribution in [0.15, 0.2) is 127 Å². The van der Waals surface area contributed by atoms with Gasteiger partial charge >= 0.3 is 0 Å². The van der Waals surface area contributed by atoms with E-state index in [1.165, 1.54) is 32.7 Å². The molecule has 1 atom stereocenters. The minimum Gasteiger partial charge on any atom is -0.377 e. The van der Waals surface area contributed by atoms with Crippen molar-refractivity contribution in [3.63, 3.8) is 0 Å². The van der Waals surface area contributed by atoms with Gasteiger partial charge in [0, 0.05) is 43.1 Å². The fraction of sp³-hybridized carbons (Fsp3) is 0.179. The molecule has 0 saturated carbocycles. The third-order valence-corrected chi connectivity index (χ3v) is 7.89. The third kappa shape index (κ3) is 5.18. The van der Waals surface area contributed by atoms with Gasteiger partial charge in [-0.3, -0.25) is 0 Å². The second kappa shape index (κ2) is 10.8. The van der Waals surface area contributed by atoms with Crippen LogP contribution in [-0.2, 0) is 11.9 Å². The van der Waals surface area contributed by atoms with Gasteiger partial charge in [-0.25, -0.2) is 0 Å². The first-order valence-corrected chi connectivity index (χ1v) is 14.3. The van der Waals surface area contributed by atoms with Crippen molar-refractivity contribution in [1.29, 1.82) is 0 Å². The lowest BCUT2D eigenvalue weighted by molar-refractivity contribution is 0.590. The van der Waals surface area contributed by atoms with Gasteiger partial charge in [0.25, 0.3) is 0 Å². The van der Waals surface area contributed by atoms with Gasteiger partial charge in [-0.1, -0.05) is 124 Å². The lowest BCUT2D eigenvalue weighted by Crippen LogP contribution is -2.19. The number of rotatable bonds is 6. The molecule has 0 radical (unpaired) electrons. The van der Waals surface area contributed by atoms with Gasteiger partial charge in [-0.05, 0) is 62.4 Å². The summed E-state index contributed by atoms with van der Waals surface area (Å²) in [6, 6.07) is 45.0. The second-order valence-corrected chi connectivity index (χ2v) is 12.0. The van der Waals surface area contributed by atoms with Gasteiger partial charge < -0.3 is 9.80 Å². The molecule has 6 aromatic rings. The quantitative estimate of drug-likeness (QED) is 0.209. The molecule has 6 rings (SSSR count). The Morgan fingerprint density at radius 1 is 0.561 bits per heavy atom. The average Bonchev–Trinajstić information content (AvgIpc) is 3.00. The number of hydrogen-bond acceptors (Lipinski definition) is 2. The first kappa shape index (κ1) is 25.4. The number of hydrogen-bond donors (Lipinski definition) is 0. The third-order valence-electron chi connectivity index (χ3n) is 7.89. The van der Waals surface area contributed by atoms with E-state index < -0.39 is 6.52 Å². The molecule has 0 saturated heterocycles. The molecule has 2 nitrogen and oxygen atoms in total. The zero-order valence-electron chi connectivity index (χ0n) is 25.6. The molecule has 0 amide bonds. The summed E-state index contributed by atoms with van der Waals surface area (Å²) in [4.78, 5) is 4.40. The highest BCUT2D eigenvalue weighted by atomic mass is 15.1. The van der Waals surface area contributed by atoms with E-state index in [1.54, 1.807) is 0 Å². The molecule has 0 spiro atoms. The molecular weight excluding hydrogens is 496 g/mol. The second-order valence-electron chi connectivity index (χ2n) is 12.0. The van der Waals surface area contributed by atoms with Crippen LogP contribution in [0.3, 0.4) is 0 Å². The molecule has 41 heavy (non-hydrogen) atoms. The number of anilines is 3. The maximum atomic E-state index is 9.71. The molecule has 2 heteroatoms. The van der Waals surface area contributed by atoms with E-state index in [-0.39, 0.29) is 5.41 Å². The Bertz CT molecular complexity index is 1850. The number of benzene rings is 6. The van der Waals surface area contributed by atoms with Crippen molar-refractivity contribution in [3.8, 4) is 11.1 Å². The normalized spacial score (nSPS) is 12.8. The highest BCUT2D eigenvalue weighted by Gasteiger charge is 2.23. The zero-order chi connectivity index (χ0) is 29.4. The van der Waals surface area contributed by atoms with Crippen molar-refractivity contribution in [2.24, 2.45) is 0 Å². The van der Waals surface area contributed by atoms with E-state index in [4.69, 9.17) is 0 Å². The van der Waals surface area contributed by atoms with Gasteiger partial charge in [0.1, 0.15) is 0 Å². The SMILES string of the molecule is [2H][C@@H](c1ccccc1)N(c1ccc(C(C)(C)C)cc1)c1ccc2ccccc2c1-c1c(N(C)C)ccc2ccccc12. The van der Waals surface area contributed by atoms with E-state index in [9.17, 15) is 1.37 Å². The number of nitrogens with zero attached hydrogens (tertiary/aromatic N) is 2. The Morgan fingerprint density at radius 2 is 1.07 bits per heavy atom. The number of fused-ring (bicyclic) bond motifs is 2. The molecule has 0 aliphatic rings. The Hall–Kier alpha value is -4.56. The Kier molecular flexibility index (Phi) is 6.68. The van der Waals surface area contributed by atoms with Crippen molar-refractivity contribution < 1.29 is 1.37 Å². The molecule has 0 fully saturated rings. The van der Waals surface area contributed by atoms with Crippen LogP contribution in [0.5, 0.6) is 0 Å². The summed E-state index contributed by atoms with van der Waals surface area (Å²) in [7, 11) is 4.22. The molecule has 0 heterocycles. The maximum Gasteiger partial charge on any atom is 0.0548 e. The largest absolute Gasteiger partial charge is 0.377 e. The average molecular weight is 536 g/mol. The molecule has 0 bridgehead atoms. The molecular formula is C39H38N2. The van der Waals surface area contributed by atoms with Gasteiger partial charge in [0.15, 0.2) is 0 Å². The van der Waals surface area contributed by atoms with Gasteiger partial charge in [-0.2, -0.15) is 0 Å². The lowest BCUT2D eigenvalue weighted by atomic mass is 9.87. The Balaban J connectivity index is 1.71. The van der Waals surface area contributed by atoms with E-state index in [0.29, 0.717) is 0 Å². The molecule has 0 unspecified atom stereocenters. The van der Waals surface area contributed by atoms with E-state index >= 15 is 0 Å². The maximum absolute atomic E-state index is 9.71. The predicted octanol–water partition coefficient (Wildman–Crippen LogP) is 10.4. The summed E-state index contributed by atoms with van der Waals surface area (Å²) in [6.07, 6.45) is 0. The first-order chi connectivity index (χ1) is 20.2. The highest BCUT2D eigenvalue weighted by Crippen LogP contribution is 2.47. The minimum atomic E-state index is -0.649. The lowest BCUT2D eigenvalue weighted by Gasteiger charge is -2.31. The van der Waals surface area contributed by atoms with Crippen LogP contribution < -0.4 is 9.80 Å². The topological polar surface area (TPSA) is 6.48 Å². The fourth-order valence-corrected chi connectivity index (χ4v) is 5.71. The summed E-state index contributed by atoms with van der Waals surface area (Å²) in [5.41, 5.74) is 7.74. The van der Waals surface area contributed by atoms with Crippen molar-refractivity contribution in [3.05, 3.63) is 139 Å². The zero-order valence-corrected chi connectivity index (χ0v) is 24.6. The van der Waals surface area contributed by atoms with Crippen molar-refractivity contribution >= 4 is 38.6 Å². The molecule has 6 aromatic carbocycles. The van der Waals surface area contributed by atoms with Crippen LogP contribution in [0, 0.1) is 0 Å². The standard InChI is InChI=1S/C39H38N2/c1-39(2,3)31-21-23-32(24-22-31)41(27-28-13-7-6-8-14-28)36-26-20-30-16-10-12-18-34(30)38(36)37-33-17-11-9-15-29(33)19-25-35(37)40(4)5/h6-26H,27H2,1-5H3/i27D/t27-/m0/s1. The smallest absolute Gasteiger partial charge is 0.0548 e. The molecule has 0 aliphatic heterocycles. The monoisotopic (exact) mass is 535 g/mol. The molecule has 0 aliphatic carbocycles. The van der Waals surface area contributed by atoms with E-state index in [1.807, 2.05) is 18.2 Å². The molecule has 204 valence electrons. The van der Waals surface area contributed by atoms with Crippen LogP contribution in [-0.4, -0.2) is 14.1 Å². The van der Waals surface area contributed by atoms with E-state index in [0.717, 1.165) is 28.2 Å². The Labute approximate surface area is 245 Å². The summed E-state index contributed by atoms with van der Waals surface area (Å²) >= 11 is 0. The fourth-order valence-electron chi connectivity index (χ4n) is 5.71. The molecule has 0 N–H and O–H groups in total. The van der Waals surface area contributed by atoms with Gasteiger partial charge in [0.2, 0.25) is 0 Å². The molecule has 0 aromatic heterocycles. The van der Waals surface area contributed by atoms with Crippen LogP contribution >= 0.6 is 0 Å². The van der Waals surface area contributed by atoms with Crippen LogP contribution in [0.1, 0.15) is 33.3 Å². The summed E-state index contributed by atoms with van der Waals surface area (Å²) in [6.45, 7) is 6.06. The van der Waals surface area contributed by atoms with E-state index in [2.05, 4.69) is 154 Å². The highest BCUT2D eigenvalue weighted by molar-refractivity contribution is 6.14. The summed E-state index contributed by atoms with van der Waals surface area (Å²) < 4.78 is 9.71. The van der Waals surface area contributed by atoms with Gasteiger partial charge in [-0.15, -0.1) is 0 Å². The summed E-state index contributed by atoms with van der Waals surface area (Å²) in [5.74, 6) is 0. The first-order valence-electron chi connectivity index (χ1n) is 14.9. The van der Waals surface area contributed by atoms with Crippen LogP contribution in [0.25, 0.3) is 32.7 Å². The summed E-state index contributed by atoms with van der Waals surface area (Å²) in [5, 5.41) is 4.75. The van der Waals surface area contributed by atoms with Gasteiger partial charge in [0.05, 0.1) is 7.06 Å². The predicted molar refractivity (Wildman–Crippen MR) is 179 cm³/mol. The van der Waals surface area contributed by atoms with Crippen LogP contribution in [0.4, 0.5) is 17.1 Å². The minimum absolute atomic E-state index is 0.0425. The van der Waals surface area contributed by atoms with Crippen LogP contribution in [0.2, 0.25) is 0 Å². The Morgan fingerprint density at radius 3 is 1.63 bits per heavy atom. The van der Waals surface area contributed by atoms with Crippen molar-refractivity contribution in [2.75, 3.05) is 23.9 Å².